The lowest BCUT2D eigenvalue weighted by molar-refractivity contribution is -0.137. The molecule has 27 heavy (non-hydrogen) atoms. The van der Waals surface area contributed by atoms with Crippen molar-refractivity contribution in [1.29, 1.82) is 0 Å². The van der Waals surface area contributed by atoms with Crippen molar-refractivity contribution in [2.75, 3.05) is 0 Å². The lowest BCUT2D eigenvalue weighted by Gasteiger charge is -2.17. The monoisotopic (exact) mass is 358 g/mol. The van der Waals surface area contributed by atoms with Crippen molar-refractivity contribution < 1.29 is 14.6 Å². The van der Waals surface area contributed by atoms with E-state index in [-0.39, 0.29) is 12.3 Å². The van der Waals surface area contributed by atoms with Crippen LogP contribution in [-0.4, -0.2) is 11.1 Å². The number of ether oxygens (including phenoxy) is 1. The highest BCUT2D eigenvalue weighted by Gasteiger charge is 2.17. The summed E-state index contributed by atoms with van der Waals surface area (Å²) in [6, 6.07) is 27.1. The minimum absolute atomic E-state index is 0.0816. The number of hydrogen-bond acceptors (Lipinski definition) is 2. The summed E-state index contributed by atoms with van der Waals surface area (Å²) in [5.74, 6) is 0.636. The Balaban J connectivity index is 1.69. The molecule has 3 nitrogen and oxygen atoms in total. The third-order valence-electron chi connectivity index (χ3n) is 4.43. The number of carboxylic acids is 1. The van der Waals surface area contributed by atoms with Crippen LogP contribution in [0.2, 0.25) is 0 Å². The number of aliphatic carboxylic acids is 1. The Morgan fingerprint density at radius 1 is 0.815 bits per heavy atom. The Hall–Kier alpha value is -3.33. The normalized spacial score (nSPS) is 11.6. The molecule has 1 unspecified atom stereocenters. The van der Waals surface area contributed by atoms with E-state index < -0.39 is 5.97 Å². The Bertz CT molecular complexity index is 884. The third-order valence-corrected chi connectivity index (χ3v) is 4.43. The average Bonchev–Trinajstić information content (AvgIpc) is 2.69. The fourth-order valence-corrected chi connectivity index (χ4v) is 3.04. The van der Waals surface area contributed by atoms with Gasteiger partial charge in [0.15, 0.2) is 0 Å². The first kappa shape index (κ1) is 18.5. The Morgan fingerprint density at radius 2 is 1.37 bits per heavy atom. The minimum Gasteiger partial charge on any atom is -0.481 e. The molecule has 0 spiro atoms. The molecule has 0 saturated heterocycles. The SMILES string of the molecule is C=C(CC(CC(=O)O)c1ccccc1)c1ccc(Oc2ccccc2)cc1. The molecule has 0 aliphatic carbocycles. The number of carboxylic acid groups (broad SMARTS) is 1. The van der Waals surface area contributed by atoms with Crippen LogP contribution >= 0.6 is 0 Å². The van der Waals surface area contributed by atoms with Gasteiger partial charge in [-0.2, -0.15) is 0 Å². The largest absolute Gasteiger partial charge is 0.481 e. The molecule has 3 rings (SSSR count). The molecule has 0 aromatic heterocycles. The van der Waals surface area contributed by atoms with Gasteiger partial charge in [-0.1, -0.05) is 67.2 Å². The van der Waals surface area contributed by atoms with Crippen LogP contribution in [-0.2, 0) is 4.79 Å². The van der Waals surface area contributed by atoms with Gasteiger partial charge in [-0.05, 0) is 53.3 Å². The molecule has 1 N–H and O–H groups in total. The summed E-state index contributed by atoms with van der Waals surface area (Å²) in [7, 11) is 0. The maximum Gasteiger partial charge on any atom is 0.303 e. The van der Waals surface area contributed by atoms with Gasteiger partial charge in [0.2, 0.25) is 0 Å². The molecule has 0 fully saturated rings. The fourth-order valence-electron chi connectivity index (χ4n) is 3.04. The highest BCUT2D eigenvalue weighted by molar-refractivity contribution is 5.70. The Morgan fingerprint density at radius 3 is 1.96 bits per heavy atom. The van der Waals surface area contributed by atoms with E-state index in [1.165, 1.54) is 0 Å². The number of benzene rings is 3. The van der Waals surface area contributed by atoms with E-state index in [2.05, 4.69) is 6.58 Å². The first-order chi connectivity index (χ1) is 13.1. The van der Waals surface area contributed by atoms with Crippen LogP contribution in [0.4, 0.5) is 0 Å². The Labute approximate surface area is 159 Å². The second kappa shape index (κ2) is 8.86. The first-order valence-electron chi connectivity index (χ1n) is 8.89. The quantitative estimate of drug-likeness (QED) is 0.526. The molecule has 0 aliphatic heterocycles. The molecule has 3 heteroatoms. The molecule has 136 valence electrons. The van der Waals surface area contributed by atoms with E-state index in [1.807, 2.05) is 84.9 Å². The average molecular weight is 358 g/mol. The summed E-state index contributed by atoms with van der Waals surface area (Å²) in [6.45, 7) is 4.18. The number of rotatable bonds is 8. The van der Waals surface area contributed by atoms with E-state index in [0.717, 1.165) is 28.2 Å². The topological polar surface area (TPSA) is 46.5 Å². The number of allylic oxidation sites excluding steroid dienone is 1. The summed E-state index contributed by atoms with van der Waals surface area (Å²) in [4.78, 5) is 11.3. The number of para-hydroxylation sites is 1. The first-order valence-corrected chi connectivity index (χ1v) is 8.89. The zero-order chi connectivity index (χ0) is 19.1. The van der Waals surface area contributed by atoms with Crippen molar-refractivity contribution in [3.8, 4) is 11.5 Å². The standard InChI is InChI=1S/C24H22O3/c1-18(16-21(17-24(25)26)20-8-4-2-5-9-20)19-12-14-23(15-13-19)27-22-10-6-3-7-11-22/h2-15,21H,1,16-17H2,(H,25,26). The van der Waals surface area contributed by atoms with E-state index in [0.29, 0.717) is 6.42 Å². The van der Waals surface area contributed by atoms with Crippen LogP contribution in [0.5, 0.6) is 11.5 Å². The van der Waals surface area contributed by atoms with Gasteiger partial charge < -0.3 is 9.84 Å². The van der Waals surface area contributed by atoms with Crippen molar-refractivity contribution >= 4 is 11.5 Å². The summed E-state index contributed by atoms with van der Waals surface area (Å²) in [6.07, 6.45) is 0.674. The van der Waals surface area contributed by atoms with Gasteiger partial charge >= 0.3 is 5.97 Å². The van der Waals surface area contributed by atoms with E-state index in [9.17, 15) is 9.90 Å². The molecule has 0 amide bonds. The Kier molecular flexibility index (Phi) is 6.06. The second-order valence-electron chi connectivity index (χ2n) is 6.45. The predicted octanol–water partition coefficient (Wildman–Crippen LogP) is 6.14. The van der Waals surface area contributed by atoms with Gasteiger partial charge in [-0.25, -0.2) is 0 Å². The second-order valence-corrected chi connectivity index (χ2v) is 6.45. The van der Waals surface area contributed by atoms with Gasteiger partial charge in [0.1, 0.15) is 11.5 Å². The van der Waals surface area contributed by atoms with Crippen LogP contribution in [0, 0.1) is 0 Å². The predicted molar refractivity (Wildman–Crippen MR) is 108 cm³/mol. The number of hydrogen-bond donors (Lipinski definition) is 1. The van der Waals surface area contributed by atoms with Gasteiger partial charge in [-0.15, -0.1) is 0 Å². The molecule has 1 atom stereocenters. The molecule has 0 radical (unpaired) electrons. The number of carbonyl (C=O) groups is 1. The van der Waals surface area contributed by atoms with Crippen LogP contribution in [0.15, 0.2) is 91.5 Å². The van der Waals surface area contributed by atoms with Crippen LogP contribution in [0.25, 0.3) is 5.57 Å². The van der Waals surface area contributed by atoms with Crippen LogP contribution in [0.3, 0.4) is 0 Å². The highest BCUT2D eigenvalue weighted by Crippen LogP contribution is 2.32. The molecule has 0 aliphatic rings. The van der Waals surface area contributed by atoms with Crippen molar-refractivity contribution in [1.82, 2.24) is 0 Å². The van der Waals surface area contributed by atoms with Crippen molar-refractivity contribution in [3.05, 3.63) is 103 Å². The van der Waals surface area contributed by atoms with Gasteiger partial charge in [0, 0.05) is 0 Å². The minimum atomic E-state index is -0.803. The molecule has 3 aromatic rings. The smallest absolute Gasteiger partial charge is 0.303 e. The zero-order valence-corrected chi connectivity index (χ0v) is 15.0. The summed E-state index contributed by atoms with van der Waals surface area (Å²) >= 11 is 0. The maximum atomic E-state index is 11.3. The molecule has 3 aromatic carbocycles. The van der Waals surface area contributed by atoms with Crippen LogP contribution < -0.4 is 4.74 Å². The fraction of sp³-hybridized carbons (Fsp3) is 0.125. The third kappa shape index (κ3) is 5.32. The van der Waals surface area contributed by atoms with Gasteiger partial charge in [0.05, 0.1) is 6.42 Å². The summed E-state index contributed by atoms with van der Waals surface area (Å²) in [5.41, 5.74) is 2.92. The summed E-state index contributed by atoms with van der Waals surface area (Å²) in [5, 5.41) is 9.26. The zero-order valence-electron chi connectivity index (χ0n) is 15.0. The molecular formula is C24H22O3. The van der Waals surface area contributed by atoms with Crippen molar-refractivity contribution in [2.45, 2.75) is 18.8 Å². The lowest BCUT2D eigenvalue weighted by atomic mass is 9.87. The lowest BCUT2D eigenvalue weighted by Crippen LogP contribution is -2.07. The van der Waals surface area contributed by atoms with Crippen molar-refractivity contribution in [2.24, 2.45) is 0 Å². The maximum absolute atomic E-state index is 11.3. The molecule has 0 bridgehead atoms. The molecule has 0 saturated carbocycles. The van der Waals surface area contributed by atoms with Crippen LogP contribution in [0.1, 0.15) is 29.9 Å². The van der Waals surface area contributed by atoms with Crippen molar-refractivity contribution in [3.63, 3.8) is 0 Å². The van der Waals surface area contributed by atoms with E-state index in [4.69, 9.17) is 4.74 Å². The van der Waals surface area contributed by atoms with Gasteiger partial charge in [0.25, 0.3) is 0 Å². The van der Waals surface area contributed by atoms with Gasteiger partial charge in [-0.3, -0.25) is 4.79 Å². The summed E-state index contributed by atoms with van der Waals surface area (Å²) < 4.78 is 5.81. The highest BCUT2D eigenvalue weighted by atomic mass is 16.5. The van der Waals surface area contributed by atoms with E-state index >= 15 is 0 Å². The molecular weight excluding hydrogens is 336 g/mol. The molecule has 0 heterocycles. The van der Waals surface area contributed by atoms with E-state index in [1.54, 1.807) is 0 Å².